The highest BCUT2D eigenvalue weighted by atomic mass is 79.9. The lowest BCUT2D eigenvalue weighted by Gasteiger charge is -2.28. The van der Waals surface area contributed by atoms with Crippen molar-refractivity contribution >= 4 is 15.9 Å². The fourth-order valence-corrected chi connectivity index (χ4v) is 2.30. The maximum atomic E-state index is 12.6. The smallest absolute Gasteiger partial charge is 0.387 e. The second-order valence-corrected chi connectivity index (χ2v) is 5.32. The molecule has 1 aromatic carbocycles. The van der Waals surface area contributed by atoms with Crippen molar-refractivity contribution in [1.29, 1.82) is 0 Å². The summed E-state index contributed by atoms with van der Waals surface area (Å²) in [5.41, 5.74) is 0.201. The monoisotopic (exact) mass is 364 g/mol. The minimum absolute atomic E-state index is 0.147. The van der Waals surface area contributed by atoms with Crippen molar-refractivity contribution in [3.05, 3.63) is 33.3 Å². The Morgan fingerprint density at radius 2 is 1.40 bits per heavy atom. The first-order chi connectivity index (χ1) is 8.85. The zero-order valence-corrected chi connectivity index (χ0v) is 12.0. The molecule has 0 amide bonds. The van der Waals surface area contributed by atoms with Crippen LogP contribution in [0.25, 0.3) is 0 Å². The summed E-state index contributed by atoms with van der Waals surface area (Å²) >= 11 is 3.12. The number of aliphatic hydroxyl groups is 1. The van der Waals surface area contributed by atoms with Crippen LogP contribution in [0.1, 0.15) is 22.8 Å². The van der Waals surface area contributed by atoms with Gasteiger partial charge in [0.15, 0.2) is 5.92 Å². The van der Waals surface area contributed by atoms with Gasteiger partial charge in [-0.15, -0.1) is 0 Å². The predicted molar refractivity (Wildman–Crippen MR) is 64.2 cm³/mol. The molecule has 0 radical (unpaired) electrons. The number of halogens is 7. The molecular formula is C12H11BrF6O. The third kappa shape index (κ3) is 3.66. The zero-order valence-electron chi connectivity index (χ0n) is 10.4. The van der Waals surface area contributed by atoms with Crippen LogP contribution in [0.15, 0.2) is 16.6 Å². The first-order valence-corrected chi connectivity index (χ1v) is 6.23. The summed E-state index contributed by atoms with van der Waals surface area (Å²) in [6.45, 7) is 2.85. The van der Waals surface area contributed by atoms with Crippen molar-refractivity contribution < 1.29 is 31.4 Å². The van der Waals surface area contributed by atoms with Crippen molar-refractivity contribution in [2.45, 2.75) is 32.3 Å². The van der Waals surface area contributed by atoms with E-state index in [-0.39, 0.29) is 11.1 Å². The van der Waals surface area contributed by atoms with Crippen LogP contribution in [0.3, 0.4) is 0 Å². The standard InChI is InChI=1S/C12H11BrF6O/c1-5-4-8(13)6(2)3-7(5)9(20)10(11(14,15)16)12(17,18)19/h3-4,9-10,20H,1-2H3. The van der Waals surface area contributed by atoms with Gasteiger partial charge in [-0.2, -0.15) is 26.3 Å². The van der Waals surface area contributed by atoms with Gasteiger partial charge in [0.05, 0.1) is 6.10 Å². The maximum Gasteiger partial charge on any atom is 0.403 e. The summed E-state index contributed by atoms with van der Waals surface area (Å²) in [5, 5.41) is 9.59. The number of alkyl halides is 6. The fourth-order valence-electron chi connectivity index (χ4n) is 1.85. The Kier molecular flexibility index (Phi) is 4.80. The van der Waals surface area contributed by atoms with Crippen LogP contribution in [-0.4, -0.2) is 17.5 Å². The van der Waals surface area contributed by atoms with Gasteiger partial charge < -0.3 is 5.11 Å². The second kappa shape index (κ2) is 5.55. The summed E-state index contributed by atoms with van der Waals surface area (Å²) in [6.07, 6.45) is -13.8. The summed E-state index contributed by atoms with van der Waals surface area (Å²) in [6, 6.07) is 2.49. The molecule has 114 valence electrons. The van der Waals surface area contributed by atoms with E-state index in [9.17, 15) is 31.4 Å². The summed E-state index contributed by atoms with van der Waals surface area (Å²) in [7, 11) is 0. The van der Waals surface area contributed by atoms with Crippen molar-refractivity contribution in [3.8, 4) is 0 Å². The Morgan fingerprint density at radius 1 is 0.950 bits per heavy atom. The molecule has 1 N–H and O–H groups in total. The van der Waals surface area contributed by atoms with Crippen molar-refractivity contribution in [2.75, 3.05) is 0 Å². The quantitative estimate of drug-likeness (QED) is 0.744. The highest BCUT2D eigenvalue weighted by molar-refractivity contribution is 9.10. The number of benzene rings is 1. The van der Waals surface area contributed by atoms with Crippen LogP contribution in [-0.2, 0) is 0 Å². The van der Waals surface area contributed by atoms with Crippen molar-refractivity contribution in [1.82, 2.24) is 0 Å². The average molecular weight is 365 g/mol. The Balaban J connectivity index is 3.34. The highest BCUT2D eigenvalue weighted by Gasteiger charge is 2.60. The molecule has 1 unspecified atom stereocenters. The minimum atomic E-state index is -5.58. The van der Waals surface area contributed by atoms with E-state index in [1.165, 1.54) is 19.9 Å². The van der Waals surface area contributed by atoms with Gasteiger partial charge >= 0.3 is 12.4 Å². The molecule has 1 nitrogen and oxygen atoms in total. The normalized spacial score (nSPS) is 14.8. The van der Waals surface area contributed by atoms with Gasteiger partial charge in [0.25, 0.3) is 0 Å². The first kappa shape index (κ1) is 17.3. The third-order valence-corrected chi connectivity index (χ3v) is 3.74. The number of rotatable bonds is 2. The fraction of sp³-hybridized carbons (Fsp3) is 0.500. The van der Waals surface area contributed by atoms with E-state index < -0.39 is 24.4 Å². The minimum Gasteiger partial charge on any atom is -0.387 e. The highest BCUT2D eigenvalue weighted by Crippen LogP contribution is 2.47. The number of hydrogen-bond acceptors (Lipinski definition) is 1. The number of aliphatic hydroxyl groups excluding tert-OH is 1. The Hall–Kier alpha value is -0.760. The largest absolute Gasteiger partial charge is 0.403 e. The Labute approximate surface area is 119 Å². The molecule has 20 heavy (non-hydrogen) atoms. The number of aryl methyl sites for hydroxylation is 2. The van der Waals surface area contributed by atoms with E-state index in [1.807, 2.05) is 0 Å². The lowest BCUT2D eigenvalue weighted by Crippen LogP contribution is -2.41. The van der Waals surface area contributed by atoms with E-state index in [4.69, 9.17) is 0 Å². The van der Waals surface area contributed by atoms with Gasteiger partial charge in [-0.1, -0.05) is 22.0 Å². The molecule has 0 aromatic heterocycles. The molecule has 0 heterocycles. The molecule has 1 aromatic rings. The summed E-state index contributed by atoms with van der Waals surface area (Å²) in [4.78, 5) is 0. The lowest BCUT2D eigenvalue weighted by atomic mass is 9.90. The molecule has 0 fully saturated rings. The van der Waals surface area contributed by atoms with Crippen LogP contribution in [0.4, 0.5) is 26.3 Å². The molecule has 0 spiro atoms. The van der Waals surface area contributed by atoms with E-state index >= 15 is 0 Å². The summed E-state index contributed by atoms with van der Waals surface area (Å²) < 4.78 is 76.0. The van der Waals surface area contributed by atoms with Crippen molar-refractivity contribution in [3.63, 3.8) is 0 Å². The van der Waals surface area contributed by atoms with Crippen LogP contribution in [0.5, 0.6) is 0 Å². The van der Waals surface area contributed by atoms with Gasteiger partial charge in [-0.05, 0) is 36.6 Å². The third-order valence-electron chi connectivity index (χ3n) is 2.89. The molecular weight excluding hydrogens is 354 g/mol. The van der Waals surface area contributed by atoms with Gasteiger partial charge in [0.2, 0.25) is 0 Å². The van der Waals surface area contributed by atoms with E-state index in [0.29, 0.717) is 10.0 Å². The first-order valence-electron chi connectivity index (χ1n) is 5.44. The topological polar surface area (TPSA) is 20.2 Å². The van der Waals surface area contributed by atoms with Gasteiger partial charge in [-0.25, -0.2) is 0 Å². The second-order valence-electron chi connectivity index (χ2n) is 4.46. The zero-order chi connectivity index (χ0) is 15.9. The van der Waals surface area contributed by atoms with Crippen LogP contribution < -0.4 is 0 Å². The van der Waals surface area contributed by atoms with Crippen molar-refractivity contribution in [2.24, 2.45) is 5.92 Å². The van der Waals surface area contributed by atoms with Crippen LogP contribution in [0, 0.1) is 19.8 Å². The molecule has 0 aliphatic carbocycles. The average Bonchev–Trinajstić information content (AvgIpc) is 2.18. The van der Waals surface area contributed by atoms with E-state index in [1.54, 1.807) is 0 Å². The molecule has 0 aliphatic heterocycles. The SMILES string of the molecule is Cc1cc(C(O)C(C(F)(F)F)C(F)(F)F)c(C)cc1Br. The van der Waals surface area contributed by atoms with Crippen LogP contribution in [0.2, 0.25) is 0 Å². The van der Waals surface area contributed by atoms with Gasteiger partial charge in [-0.3, -0.25) is 0 Å². The number of hydrogen-bond donors (Lipinski definition) is 1. The van der Waals surface area contributed by atoms with Gasteiger partial charge in [0, 0.05) is 4.47 Å². The predicted octanol–water partition coefficient (Wildman–Crippen LogP) is 4.84. The molecule has 8 heteroatoms. The molecule has 0 saturated heterocycles. The molecule has 0 saturated carbocycles. The molecule has 0 bridgehead atoms. The lowest BCUT2D eigenvalue weighted by molar-refractivity contribution is -0.307. The Bertz CT molecular complexity index is 480. The summed E-state index contributed by atoms with van der Waals surface area (Å²) in [5.74, 6) is -3.81. The molecule has 0 aliphatic rings. The van der Waals surface area contributed by atoms with E-state index in [2.05, 4.69) is 15.9 Å². The van der Waals surface area contributed by atoms with E-state index in [0.717, 1.165) is 6.07 Å². The molecule has 1 rings (SSSR count). The Morgan fingerprint density at radius 3 is 1.80 bits per heavy atom. The maximum absolute atomic E-state index is 12.6. The molecule has 1 atom stereocenters. The van der Waals surface area contributed by atoms with Gasteiger partial charge in [0.1, 0.15) is 0 Å². The van der Waals surface area contributed by atoms with Crippen LogP contribution >= 0.6 is 15.9 Å².